The van der Waals surface area contributed by atoms with Gasteiger partial charge in [-0.25, -0.2) is 9.78 Å². The van der Waals surface area contributed by atoms with Crippen LogP contribution in [0.3, 0.4) is 0 Å². The molecule has 0 bridgehead atoms. The Bertz CT molecular complexity index is 470. The predicted molar refractivity (Wildman–Crippen MR) is 82.0 cm³/mol. The summed E-state index contributed by atoms with van der Waals surface area (Å²) in [5.74, 6) is 0.624. The molecule has 0 aliphatic carbocycles. The molecule has 6 heteroatoms. The molecule has 0 spiro atoms. The molecule has 1 aliphatic heterocycles. The van der Waals surface area contributed by atoms with Crippen molar-refractivity contribution < 1.29 is 9.53 Å². The van der Waals surface area contributed by atoms with E-state index in [1.807, 2.05) is 19.9 Å². The average molecular weight is 300 g/mol. The molecule has 20 heavy (non-hydrogen) atoms. The van der Waals surface area contributed by atoms with Crippen molar-refractivity contribution in [2.45, 2.75) is 26.8 Å². The van der Waals surface area contributed by atoms with Crippen molar-refractivity contribution in [1.82, 2.24) is 10.3 Å². The highest BCUT2D eigenvalue weighted by Crippen LogP contribution is 2.21. The van der Waals surface area contributed by atoms with Crippen LogP contribution in [-0.2, 0) is 4.74 Å². The van der Waals surface area contributed by atoms with E-state index in [2.05, 4.69) is 22.1 Å². The maximum Gasteiger partial charge on any atom is 0.339 e. The number of nitrogens with one attached hydrogen (secondary N) is 1. The third-order valence-corrected chi connectivity index (χ3v) is 3.47. The average Bonchev–Trinajstić information content (AvgIpc) is 2.37. The van der Waals surface area contributed by atoms with Crippen LogP contribution < -0.4 is 10.2 Å². The second-order valence-electron chi connectivity index (χ2n) is 5.05. The molecule has 1 atom stereocenters. The van der Waals surface area contributed by atoms with Crippen molar-refractivity contribution in [2.75, 3.05) is 31.6 Å². The summed E-state index contributed by atoms with van der Waals surface area (Å²) in [4.78, 5) is 18.5. The zero-order chi connectivity index (χ0) is 14.0. The molecule has 1 aromatic heterocycles. The molecule has 0 unspecified atom stereocenters. The Morgan fingerprint density at radius 3 is 2.75 bits per heavy atom. The fourth-order valence-corrected chi connectivity index (χ4v) is 2.52. The SMILES string of the molecule is COC(=O)c1c(C)cc(N2CCN[C@@H](C)C2)nc1C.Cl. The topological polar surface area (TPSA) is 54.5 Å². The summed E-state index contributed by atoms with van der Waals surface area (Å²) in [5, 5.41) is 3.41. The summed E-state index contributed by atoms with van der Waals surface area (Å²) in [7, 11) is 1.40. The summed E-state index contributed by atoms with van der Waals surface area (Å²) in [6.07, 6.45) is 0. The van der Waals surface area contributed by atoms with Gasteiger partial charge < -0.3 is 15.0 Å². The summed E-state index contributed by atoms with van der Waals surface area (Å²) >= 11 is 0. The smallest absolute Gasteiger partial charge is 0.339 e. The van der Waals surface area contributed by atoms with E-state index in [1.54, 1.807) is 0 Å². The maximum absolute atomic E-state index is 11.7. The van der Waals surface area contributed by atoms with Gasteiger partial charge in [0.15, 0.2) is 0 Å². The van der Waals surface area contributed by atoms with Crippen LogP contribution in [0.5, 0.6) is 0 Å². The van der Waals surface area contributed by atoms with E-state index < -0.39 is 0 Å². The van der Waals surface area contributed by atoms with Gasteiger partial charge in [-0.05, 0) is 32.4 Å². The van der Waals surface area contributed by atoms with Gasteiger partial charge in [0.2, 0.25) is 0 Å². The quantitative estimate of drug-likeness (QED) is 0.843. The number of hydrogen-bond acceptors (Lipinski definition) is 5. The van der Waals surface area contributed by atoms with Crippen LogP contribution in [0, 0.1) is 13.8 Å². The largest absolute Gasteiger partial charge is 0.465 e. The number of ether oxygens (including phenoxy) is 1. The fourth-order valence-electron chi connectivity index (χ4n) is 2.52. The Kier molecular flexibility index (Phi) is 5.77. The minimum atomic E-state index is -0.317. The fraction of sp³-hybridized carbons (Fsp3) is 0.571. The van der Waals surface area contributed by atoms with E-state index in [-0.39, 0.29) is 18.4 Å². The van der Waals surface area contributed by atoms with Gasteiger partial charge >= 0.3 is 5.97 Å². The van der Waals surface area contributed by atoms with Crippen molar-refractivity contribution in [2.24, 2.45) is 0 Å². The zero-order valence-electron chi connectivity index (χ0n) is 12.4. The molecule has 1 N–H and O–H groups in total. The van der Waals surface area contributed by atoms with Crippen LogP contribution in [-0.4, -0.2) is 43.7 Å². The third kappa shape index (κ3) is 3.41. The molecule has 1 aliphatic rings. The number of carbonyl (C=O) groups excluding carboxylic acids is 1. The van der Waals surface area contributed by atoms with E-state index in [4.69, 9.17) is 4.74 Å². The number of esters is 1. The van der Waals surface area contributed by atoms with Gasteiger partial charge in [0, 0.05) is 25.7 Å². The first kappa shape index (κ1) is 16.7. The second-order valence-corrected chi connectivity index (χ2v) is 5.05. The van der Waals surface area contributed by atoms with Crippen molar-refractivity contribution in [1.29, 1.82) is 0 Å². The summed E-state index contributed by atoms with van der Waals surface area (Å²) < 4.78 is 4.80. The van der Waals surface area contributed by atoms with Crippen LogP contribution in [0.4, 0.5) is 5.82 Å². The summed E-state index contributed by atoms with van der Waals surface area (Å²) in [5.41, 5.74) is 2.23. The Labute approximate surface area is 126 Å². The van der Waals surface area contributed by atoms with E-state index in [9.17, 15) is 4.79 Å². The molecule has 0 saturated carbocycles. The normalized spacial score (nSPS) is 18.4. The van der Waals surface area contributed by atoms with Gasteiger partial charge in [0.1, 0.15) is 5.82 Å². The van der Waals surface area contributed by atoms with Gasteiger partial charge in [0.25, 0.3) is 0 Å². The third-order valence-electron chi connectivity index (χ3n) is 3.47. The monoisotopic (exact) mass is 299 g/mol. The standard InChI is InChI=1S/C14H21N3O2.ClH/c1-9-7-12(17-6-5-15-10(2)8-17)16-11(3)13(9)14(18)19-4;/h7,10,15H,5-6,8H2,1-4H3;1H/t10-;/m0./s1. The summed E-state index contributed by atoms with van der Waals surface area (Å²) in [6, 6.07) is 2.42. The molecular weight excluding hydrogens is 278 g/mol. The number of piperazine rings is 1. The van der Waals surface area contributed by atoms with Crippen LogP contribution in [0.15, 0.2) is 6.07 Å². The van der Waals surface area contributed by atoms with Crippen LogP contribution in [0.25, 0.3) is 0 Å². The Morgan fingerprint density at radius 2 is 2.20 bits per heavy atom. The molecular formula is C14H22ClN3O2. The molecule has 0 radical (unpaired) electrons. The molecule has 2 heterocycles. The van der Waals surface area contributed by atoms with E-state index >= 15 is 0 Å². The van der Waals surface area contributed by atoms with Gasteiger partial charge in [-0.1, -0.05) is 0 Å². The van der Waals surface area contributed by atoms with Crippen LogP contribution >= 0.6 is 12.4 Å². The first-order valence-corrected chi connectivity index (χ1v) is 6.57. The van der Waals surface area contributed by atoms with Crippen LogP contribution in [0.1, 0.15) is 28.5 Å². The molecule has 2 rings (SSSR count). The highest BCUT2D eigenvalue weighted by Gasteiger charge is 2.20. The first-order chi connectivity index (χ1) is 9.02. The summed E-state index contributed by atoms with van der Waals surface area (Å²) in [6.45, 7) is 8.77. The minimum absolute atomic E-state index is 0. The molecule has 5 nitrogen and oxygen atoms in total. The Hall–Kier alpha value is -1.33. The van der Waals surface area contributed by atoms with Gasteiger partial charge in [-0.3, -0.25) is 0 Å². The van der Waals surface area contributed by atoms with Crippen LogP contribution in [0.2, 0.25) is 0 Å². The molecule has 1 aromatic rings. The zero-order valence-corrected chi connectivity index (χ0v) is 13.2. The number of nitrogens with zero attached hydrogens (tertiary/aromatic N) is 2. The number of halogens is 1. The molecule has 0 aromatic carbocycles. The highest BCUT2D eigenvalue weighted by atomic mass is 35.5. The lowest BCUT2D eigenvalue weighted by Gasteiger charge is -2.33. The van der Waals surface area contributed by atoms with Gasteiger partial charge in [0.05, 0.1) is 18.4 Å². The first-order valence-electron chi connectivity index (χ1n) is 6.57. The molecule has 1 saturated heterocycles. The number of methoxy groups -OCH3 is 1. The lowest BCUT2D eigenvalue weighted by molar-refractivity contribution is 0.0598. The number of aromatic nitrogens is 1. The molecule has 0 amide bonds. The van der Waals surface area contributed by atoms with Crippen molar-refractivity contribution in [3.8, 4) is 0 Å². The lowest BCUT2D eigenvalue weighted by Crippen LogP contribution is -2.49. The van der Waals surface area contributed by atoms with Gasteiger partial charge in [-0.15, -0.1) is 12.4 Å². The van der Waals surface area contributed by atoms with Crippen molar-refractivity contribution in [3.05, 3.63) is 22.9 Å². The van der Waals surface area contributed by atoms with Crippen molar-refractivity contribution >= 4 is 24.2 Å². The lowest BCUT2D eigenvalue weighted by atomic mass is 10.1. The van der Waals surface area contributed by atoms with E-state index in [0.29, 0.717) is 11.6 Å². The Morgan fingerprint density at radius 1 is 1.50 bits per heavy atom. The predicted octanol–water partition coefficient (Wildman–Crippen LogP) is 1.70. The van der Waals surface area contributed by atoms with E-state index in [1.165, 1.54) is 7.11 Å². The maximum atomic E-state index is 11.7. The molecule has 112 valence electrons. The number of anilines is 1. The minimum Gasteiger partial charge on any atom is -0.465 e. The number of rotatable bonds is 2. The molecule has 1 fully saturated rings. The number of carbonyl (C=O) groups is 1. The second kappa shape index (κ2) is 6.90. The van der Waals surface area contributed by atoms with E-state index in [0.717, 1.165) is 36.7 Å². The van der Waals surface area contributed by atoms with Gasteiger partial charge in [-0.2, -0.15) is 0 Å². The Balaban J connectivity index is 0.00000200. The number of hydrogen-bond donors (Lipinski definition) is 1. The highest BCUT2D eigenvalue weighted by molar-refractivity contribution is 5.92. The number of aryl methyl sites for hydroxylation is 2. The van der Waals surface area contributed by atoms with Crippen molar-refractivity contribution in [3.63, 3.8) is 0 Å². The number of pyridine rings is 1.